The Morgan fingerprint density at radius 1 is 1.09 bits per heavy atom. The lowest BCUT2D eigenvalue weighted by Gasteiger charge is -2.12. The van der Waals surface area contributed by atoms with E-state index in [1.54, 1.807) is 12.1 Å². The molecule has 3 aromatic carbocycles. The minimum Gasteiger partial charge on any atom is -0.500 e. The molecule has 4 aromatic rings. The fourth-order valence-corrected chi connectivity index (χ4v) is 3.69. The molecule has 4 rings (SSSR count). The number of nitro benzene ring substituents is 1. The Bertz CT molecular complexity index is 1410. The molecule has 0 saturated heterocycles. The molecule has 0 aliphatic rings. The molecule has 0 radical (unpaired) electrons. The van der Waals surface area contributed by atoms with Gasteiger partial charge in [-0.1, -0.05) is 30.3 Å². The van der Waals surface area contributed by atoms with Crippen LogP contribution in [-0.4, -0.2) is 33.8 Å². The number of aryl methyl sites for hydroxylation is 1. The van der Waals surface area contributed by atoms with Gasteiger partial charge in [-0.15, -0.1) is 0 Å². The van der Waals surface area contributed by atoms with E-state index in [-0.39, 0.29) is 11.3 Å². The van der Waals surface area contributed by atoms with Crippen LogP contribution in [0.15, 0.2) is 84.0 Å². The average molecular weight is 470 g/mol. The van der Waals surface area contributed by atoms with E-state index in [0.717, 1.165) is 28.7 Å². The summed E-state index contributed by atoms with van der Waals surface area (Å²) in [6.07, 6.45) is 1.23. The maximum Gasteiger partial charge on any atom is 0.315 e. The number of ether oxygens (including phenoxy) is 1. The molecule has 0 spiro atoms. The highest BCUT2D eigenvalue weighted by molar-refractivity contribution is 5.95. The van der Waals surface area contributed by atoms with Crippen LogP contribution in [0.5, 0.6) is 11.5 Å². The molecule has 1 aromatic heterocycles. The molecule has 0 atom stereocenters. The molecule has 9 nitrogen and oxygen atoms in total. The number of nitro groups is 1. The number of carbonyl (C=O) groups excluding carboxylic acids is 1. The van der Waals surface area contributed by atoms with Crippen molar-refractivity contribution < 1.29 is 19.6 Å². The zero-order valence-corrected chi connectivity index (χ0v) is 19.0. The minimum atomic E-state index is -0.731. The Hall–Kier alpha value is -4.92. The van der Waals surface area contributed by atoms with Gasteiger partial charge in [0.25, 0.3) is 5.91 Å². The highest BCUT2D eigenvalue weighted by atomic mass is 16.6. The SMILES string of the molecule is COc1cc(/C=N/NC(=O)c2ccc(-n3c(C)ccc3-c3ccccc3)cc2)cc([N+](=O)[O-])c1O. The summed E-state index contributed by atoms with van der Waals surface area (Å²) < 4.78 is 7.07. The lowest BCUT2D eigenvalue weighted by Crippen LogP contribution is -2.17. The number of amides is 1. The van der Waals surface area contributed by atoms with Crippen LogP contribution in [0.1, 0.15) is 21.6 Å². The van der Waals surface area contributed by atoms with E-state index in [0.29, 0.717) is 5.56 Å². The van der Waals surface area contributed by atoms with Crippen molar-refractivity contribution in [2.24, 2.45) is 5.10 Å². The van der Waals surface area contributed by atoms with Gasteiger partial charge in [-0.2, -0.15) is 5.10 Å². The first-order chi connectivity index (χ1) is 16.9. The van der Waals surface area contributed by atoms with Gasteiger partial charge < -0.3 is 14.4 Å². The number of rotatable bonds is 7. The van der Waals surface area contributed by atoms with Gasteiger partial charge in [0, 0.05) is 28.6 Å². The first kappa shape index (κ1) is 23.2. The lowest BCUT2D eigenvalue weighted by atomic mass is 10.1. The first-order valence-electron chi connectivity index (χ1n) is 10.6. The number of phenolic OH excluding ortho intramolecular Hbond substituents is 1. The van der Waals surface area contributed by atoms with Gasteiger partial charge in [0.15, 0.2) is 5.75 Å². The van der Waals surface area contributed by atoms with Gasteiger partial charge in [0.2, 0.25) is 5.75 Å². The summed E-state index contributed by atoms with van der Waals surface area (Å²) in [5, 5.41) is 24.8. The van der Waals surface area contributed by atoms with Crippen LogP contribution < -0.4 is 10.2 Å². The van der Waals surface area contributed by atoms with E-state index in [1.165, 1.54) is 19.4 Å². The van der Waals surface area contributed by atoms with Crippen molar-refractivity contribution in [3.8, 4) is 28.4 Å². The van der Waals surface area contributed by atoms with Crippen LogP contribution in [0.25, 0.3) is 16.9 Å². The molecule has 0 unspecified atom stereocenters. The van der Waals surface area contributed by atoms with Crippen LogP contribution >= 0.6 is 0 Å². The highest BCUT2D eigenvalue weighted by Crippen LogP contribution is 2.36. The quantitative estimate of drug-likeness (QED) is 0.228. The van der Waals surface area contributed by atoms with Gasteiger partial charge in [-0.3, -0.25) is 14.9 Å². The standard InChI is InChI=1S/C26H22N4O5/c1-17-8-13-22(19-6-4-3-5-7-19)29(17)21-11-9-20(10-12-21)26(32)28-27-16-18-14-23(30(33)34)25(31)24(15-18)35-2/h3-16,31H,1-2H3,(H,28,32)/b27-16+. The highest BCUT2D eigenvalue weighted by Gasteiger charge is 2.19. The number of aromatic hydroxyl groups is 1. The molecule has 35 heavy (non-hydrogen) atoms. The summed E-state index contributed by atoms with van der Waals surface area (Å²) in [5.41, 5.74) is 6.65. The molecule has 0 bridgehead atoms. The summed E-state index contributed by atoms with van der Waals surface area (Å²) in [6.45, 7) is 2.02. The van der Waals surface area contributed by atoms with Gasteiger partial charge in [0.05, 0.1) is 23.9 Å². The second-order valence-corrected chi connectivity index (χ2v) is 7.66. The van der Waals surface area contributed by atoms with Crippen molar-refractivity contribution >= 4 is 17.8 Å². The predicted molar refractivity (Wildman–Crippen MR) is 132 cm³/mol. The molecule has 9 heteroatoms. The fraction of sp³-hybridized carbons (Fsp3) is 0.0769. The van der Waals surface area contributed by atoms with E-state index in [9.17, 15) is 20.0 Å². The van der Waals surface area contributed by atoms with Crippen molar-refractivity contribution in [1.29, 1.82) is 0 Å². The van der Waals surface area contributed by atoms with Crippen molar-refractivity contribution in [3.63, 3.8) is 0 Å². The third-order valence-corrected chi connectivity index (χ3v) is 5.41. The first-order valence-corrected chi connectivity index (χ1v) is 10.6. The number of hydrogen-bond donors (Lipinski definition) is 2. The van der Waals surface area contributed by atoms with Crippen LogP contribution in [0.3, 0.4) is 0 Å². The van der Waals surface area contributed by atoms with E-state index >= 15 is 0 Å². The topological polar surface area (TPSA) is 119 Å². The van der Waals surface area contributed by atoms with Gasteiger partial charge in [-0.05, 0) is 55.0 Å². The van der Waals surface area contributed by atoms with E-state index in [4.69, 9.17) is 4.74 Å². The monoisotopic (exact) mass is 470 g/mol. The van der Waals surface area contributed by atoms with Crippen molar-refractivity contribution in [1.82, 2.24) is 9.99 Å². The van der Waals surface area contributed by atoms with Gasteiger partial charge in [-0.25, -0.2) is 5.43 Å². The number of hydrogen-bond acceptors (Lipinski definition) is 6. The normalized spacial score (nSPS) is 10.9. The fourth-order valence-electron chi connectivity index (χ4n) is 3.69. The largest absolute Gasteiger partial charge is 0.500 e. The van der Waals surface area contributed by atoms with Crippen LogP contribution in [-0.2, 0) is 0 Å². The number of benzene rings is 3. The summed E-state index contributed by atoms with van der Waals surface area (Å²) in [4.78, 5) is 22.9. The van der Waals surface area contributed by atoms with Gasteiger partial charge in [0.1, 0.15) is 0 Å². The van der Waals surface area contributed by atoms with Crippen molar-refractivity contribution in [2.45, 2.75) is 6.92 Å². The van der Waals surface area contributed by atoms with Crippen LogP contribution in [0.2, 0.25) is 0 Å². The molecule has 176 valence electrons. The summed E-state index contributed by atoms with van der Waals surface area (Å²) in [6, 6.07) is 23.7. The summed E-state index contributed by atoms with van der Waals surface area (Å²) >= 11 is 0. The van der Waals surface area contributed by atoms with Crippen molar-refractivity contribution in [3.05, 3.63) is 106 Å². The zero-order chi connectivity index (χ0) is 24.9. The number of nitrogens with one attached hydrogen (secondary N) is 1. The third-order valence-electron chi connectivity index (χ3n) is 5.41. The zero-order valence-electron chi connectivity index (χ0n) is 19.0. The molecule has 2 N–H and O–H groups in total. The number of phenols is 1. The number of carbonyl (C=O) groups is 1. The molecular formula is C26H22N4O5. The molecular weight excluding hydrogens is 448 g/mol. The van der Waals surface area contributed by atoms with E-state index < -0.39 is 22.3 Å². The number of hydrazone groups is 1. The smallest absolute Gasteiger partial charge is 0.315 e. The molecule has 1 heterocycles. The van der Waals surface area contributed by atoms with E-state index in [2.05, 4.69) is 21.2 Å². The van der Waals surface area contributed by atoms with Crippen molar-refractivity contribution in [2.75, 3.05) is 7.11 Å². The third kappa shape index (κ3) is 4.88. The second-order valence-electron chi connectivity index (χ2n) is 7.66. The van der Waals surface area contributed by atoms with Gasteiger partial charge >= 0.3 is 5.69 Å². The molecule has 0 aliphatic carbocycles. The van der Waals surface area contributed by atoms with E-state index in [1.807, 2.05) is 55.5 Å². The van der Waals surface area contributed by atoms with Crippen LogP contribution in [0, 0.1) is 17.0 Å². The minimum absolute atomic E-state index is 0.0715. The predicted octanol–water partition coefficient (Wildman–Crippen LogP) is 4.84. The summed E-state index contributed by atoms with van der Waals surface area (Å²) in [7, 11) is 1.28. The van der Waals surface area contributed by atoms with Crippen LogP contribution in [0.4, 0.5) is 5.69 Å². The Kier molecular flexibility index (Phi) is 6.59. The maximum absolute atomic E-state index is 12.5. The second kappa shape index (κ2) is 9.92. The Labute approximate surface area is 201 Å². The average Bonchev–Trinajstić information content (AvgIpc) is 3.26. The Morgan fingerprint density at radius 2 is 1.80 bits per heavy atom. The number of methoxy groups -OCH3 is 1. The maximum atomic E-state index is 12.5. The molecule has 0 saturated carbocycles. The molecule has 0 aliphatic heterocycles. The lowest BCUT2D eigenvalue weighted by molar-refractivity contribution is -0.386. The number of nitrogens with zero attached hydrogens (tertiary/aromatic N) is 3. The Balaban J connectivity index is 1.51. The Morgan fingerprint density at radius 3 is 2.46 bits per heavy atom. The summed E-state index contributed by atoms with van der Waals surface area (Å²) in [5.74, 6) is -1.09. The number of aromatic nitrogens is 1. The molecule has 0 fully saturated rings. The molecule has 1 amide bonds.